The number of carbonyl (C=O) groups is 1. The Morgan fingerprint density at radius 2 is 1.85 bits per heavy atom. The van der Waals surface area contributed by atoms with Crippen molar-refractivity contribution in [2.45, 2.75) is 32.9 Å². The molecule has 3 aromatic rings. The van der Waals surface area contributed by atoms with Crippen molar-refractivity contribution >= 4 is 5.91 Å². The van der Waals surface area contributed by atoms with Crippen LogP contribution in [0.2, 0.25) is 0 Å². The Morgan fingerprint density at radius 1 is 1.07 bits per heavy atom. The van der Waals surface area contributed by atoms with Crippen LogP contribution in [0.3, 0.4) is 0 Å². The van der Waals surface area contributed by atoms with Crippen LogP contribution in [0.5, 0.6) is 5.75 Å². The van der Waals surface area contributed by atoms with E-state index in [0.29, 0.717) is 13.0 Å². The summed E-state index contributed by atoms with van der Waals surface area (Å²) in [6, 6.07) is 19.6. The van der Waals surface area contributed by atoms with Gasteiger partial charge in [0.1, 0.15) is 12.4 Å². The van der Waals surface area contributed by atoms with Gasteiger partial charge < -0.3 is 10.1 Å². The average Bonchev–Trinajstić information content (AvgIpc) is 2.69. The van der Waals surface area contributed by atoms with E-state index in [1.165, 1.54) is 0 Å². The van der Waals surface area contributed by atoms with Crippen molar-refractivity contribution in [2.24, 2.45) is 0 Å². The highest BCUT2D eigenvalue weighted by molar-refractivity contribution is 5.79. The predicted molar refractivity (Wildman–Crippen MR) is 106 cm³/mol. The molecule has 0 radical (unpaired) electrons. The zero-order chi connectivity index (χ0) is 19.1. The third-order valence-corrected chi connectivity index (χ3v) is 4.50. The first kappa shape index (κ1) is 18.6. The van der Waals surface area contributed by atoms with Crippen LogP contribution in [0.4, 0.5) is 0 Å². The maximum Gasteiger partial charge on any atom is 0.224 e. The summed E-state index contributed by atoms with van der Waals surface area (Å²) in [5.74, 6) is 0.815. The third kappa shape index (κ3) is 5.42. The van der Waals surface area contributed by atoms with Gasteiger partial charge >= 0.3 is 0 Å². The molecule has 0 spiro atoms. The molecule has 1 atom stereocenters. The Hall–Kier alpha value is -3.14. The summed E-state index contributed by atoms with van der Waals surface area (Å²) in [5, 5.41) is 3.06. The number of hydrogen-bond donors (Lipinski definition) is 1. The zero-order valence-corrected chi connectivity index (χ0v) is 15.7. The molecule has 0 bridgehead atoms. The van der Waals surface area contributed by atoms with Gasteiger partial charge in [-0.05, 0) is 48.7 Å². The lowest BCUT2D eigenvalue weighted by Gasteiger charge is -2.15. The summed E-state index contributed by atoms with van der Waals surface area (Å²) in [6.45, 7) is 4.49. The number of carbonyl (C=O) groups excluding carboxylic acids is 1. The van der Waals surface area contributed by atoms with Gasteiger partial charge in [-0.3, -0.25) is 9.78 Å². The molecule has 1 unspecified atom stereocenters. The average molecular weight is 360 g/mol. The van der Waals surface area contributed by atoms with Crippen LogP contribution < -0.4 is 10.1 Å². The lowest BCUT2D eigenvalue weighted by molar-refractivity contribution is -0.121. The maximum absolute atomic E-state index is 12.3. The second kappa shape index (κ2) is 8.99. The number of pyridine rings is 1. The number of nitrogens with one attached hydrogen (secondary N) is 1. The van der Waals surface area contributed by atoms with Gasteiger partial charge in [0.15, 0.2) is 0 Å². The largest absolute Gasteiger partial charge is 0.489 e. The third-order valence-electron chi connectivity index (χ3n) is 4.50. The number of amides is 1. The topological polar surface area (TPSA) is 51.2 Å². The molecule has 3 rings (SSSR count). The minimum Gasteiger partial charge on any atom is -0.489 e. The highest BCUT2D eigenvalue weighted by Gasteiger charge is 2.11. The van der Waals surface area contributed by atoms with Crippen LogP contribution in [0, 0.1) is 6.92 Å². The molecule has 0 aliphatic carbocycles. The number of aromatic nitrogens is 1. The molecular formula is C23H24N2O2. The quantitative estimate of drug-likeness (QED) is 0.680. The fraction of sp³-hybridized carbons (Fsp3) is 0.217. The van der Waals surface area contributed by atoms with Crippen molar-refractivity contribution in [1.29, 1.82) is 0 Å². The number of benzene rings is 2. The lowest BCUT2D eigenvalue weighted by Crippen LogP contribution is -2.28. The van der Waals surface area contributed by atoms with E-state index in [1.807, 2.05) is 74.5 Å². The Labute approximate surface area is 160 Å². The van der Waals surface area contributed by atoms with Gasteiger partial charge in [-0.1, -0.05) is 42.5 Å². The fourth-order valence-corrected chi connectivity index (χ4v) is 2.86. The van der Waals surface area contributed by atoms with E-state index in [-0.39, 0.29) is 11.9 Å². The summed E-state index contributed by atoms with van der Waals surface area (Å²) in [4.78, 5) is 16.4. The van der Waals surface area contributed by atoms with Gasteiger partial charge in [0.25, 0.3) is 0 Å². The molecule has 0 saturated heterocycles. The van der Waals surface area contributed by atoms with Crippen LogP contribution in [-0.2, 0) is 17.8 Å². The molecule has 2 aromatic carbocycles. The molecule has 1 N–H and O–H groups in total. The fourth-order valence-electron chi connectivity index (χ4n) is 2.86. The first-order valence-electron chi connectivity index (χ1n) is 9.07. The predicted octanol–water partition coefficient (Wildman–Crippen LogP) is 4.39. The number of aryl methyl sites for hydroxylation is 1. The molecule has 0 aliphatic rings. The standard InChI is InChI=1S/C23H24N2O2/c1-17-6-3-4-8-21(17)14-23(26)25-18(2)20-9-11-22(12-10-20)27-16-19-7-5-13-24-15-19/h3-13,15,18H,14,16H2,1-2H3,(H,25,26). The Morgan fingerprint density at radius 3 is 2.56 bits per heavy atom. The zero-order valence-electron chi connectivity index (χ0n) is 15.7. The first-order chi connectivity index (χ1) is 13.1. The Balaban J connectivity index is 1.53. The molecule has 138 valence electrons. The number of nitrogens with zero attached hydrogens (tertiary/aromatic N) is 1. The van der Waals surface area contributed by atoms with Gasteiger partial charge in [0.05, 0.1) is 12.5 Å². The first-order valence-corrected chi connectivity index (χ1v) is 9.07. The van der Waals surface area contributed by atoms with E-state index in [0.717, 1.165) is 28.0 Å². The monoisotopic (exact) mass is 360 g/mol. The van der Waals surface area contributed by atoms with Crippen LogP contribution in [-0.4, -0.2) is 10.9 Å². The second-order valence-corrected chi connectivity index (χ2v) is 6.61. The summed E-state index contributed by atoms with van der Waals surface area (Å²) >= 11 is 0. The Bertz CT molecular complexity index is 876. The van der Waals surface area contributed by atoms with E-state index < -0.39 is 0 Å². The molecule has 1 amide bonds. The summed E-state index contributed by atoms with van der Waals surface area (Å²) in [7, 11) is 0. The molecule has 4 nitrogen and oxygen atoms in total. The van der Waals surface area contributed by atoms with Crippen LogP contribution in [0.1, 0.15) is 35.2 Å². The minimum atomic E-state index is -0.0612. The van der Waals surface area contributed by atoms with E-state index in [4.69, 9.17) is 4.74 Å². The van der Waals surface area contributed by atoms with Crippen molar-refractivity contribution in [2.75, 3.05) is 0 Å². The minimum absolute atomic E-state index is 0.0219. The summed E-state index contributed by atoms with van der Waals surface area (Å²) in [5.41, 5.74) is 4.26. The highest BCUT2D eigenvalue weighted by atomic mass is 16.5. The molecule has 27 heavy (non-hydrogen) atoms. The van der Waals surface area contributed by atoms with E-state index in [1.54, 1.807) is 12.4 Å². The molecule has 1 heterocycles. The molecule has 0 aliphatic heterocycles. The highest BCUT2D eigenvalue weighted by Crippen LogP contribution is 2.19. The second-order valence-electron chi connectivity index (χ2n) is 6.61. The van der Waals surface area contributed by atoms with Crippen LogP contribution in [0.25, 0.3) is 0 Å². The summed E-state index contributed by atoms with van der Waals surface area (Å²) < 4.78 is 5.77. The molecule has 0 fully saturated rings. The summed E-state index contributed by atoms with van der Waals surface area (Å²) in [6.07, 6.45) is 3.93. The van der Waals surface area contributed by atoms with Crippen molar-refractivity contribution in [3.05, 3.63) is 95.3 Å². The van der Waals surface area contributed by atoms with Gasteiger partial charge in [-0.15, -0.1) is 0 Å². The Kier molecular flexibility index (Phi) is 6.21. The smallest absolute Gasteiger partial charge is 0.224 e. The molecule has 0 saturated carbocycles. The van der Waals surface area contributed by atoms with Crippen LogP contribution >= 0.6 is 0 Å². The normalized spacial score (nSPS) is 11.6. The van der Waals surface area contributed by atoms with Gasteiger partial charge in [0.2, 0.25) is 5.91 Å². The van der Waals surface area contributed by atoms with E-state index in [9.17, 15) is 4.79 Å². The van der Waals surface area contributed by atoms with Crippen molar-refractivity contribution in [3.8, 4) is 5.75 Å². The SMILES string of the molecule is Cc1ccccc1CC(=O)NC(C)c1ccc(OCc2cccnc2)cc1. The van der Waals surface area contributed by atoms with Crippen molar-refractivity contribution < 1.29 is 9.53 Å². The molecule has 4 heteroatoms. The van der Waals surface area contributed by atoms with E-state index in [2.05, 4.69) is 10.3 Å². The number of rotatable bonds is 7. The lowest BCUT2D eigenvalue weighted by atomic mass is 10.0. The molecule has 1 aromatic heterocycles. The number of hydrogen-bond acceptors (Lipinski definition) is 3. The van der Waals surface area contributed by atoms with Crippen molar-refractivity contribution in [1.82, 2.24) is 10.3 Å². The maximum atomic E-state index is 12.3. The van der Waals surface area contributed by atoms with Gasteiger partial charge in [-0.2, -0.15) is 0 Å². The van der Waals surface area contributed by atoms with Gasteiger partial charge in [0, 0.05) is 18.0 Å². The van der Waals surface area contributed by atoms with Gasteiger partial charge in [-0.25, -0.2) is 0 Å². The van der Waals surface area contributed by atoms with E-state index >= 15 is 0 Å². The van der Waals surface area contributed by atoms with Crippen LogP contribution in [0.15, 0.2) is 73.1 Å². The molecular weight excluding hydrogens is 336 g/mol. The van der Waals surface area contributed by atoms with Crippen molar-refractivity contribution in [3.63, 3.8) is 0 Å². The number of ether oxygens (including phenoxy) is 1.